The van der Waals surface area contributed by atoms with Crippen molar-refractivity contribution in [2.45, 2.75) is 39.2 Å². The van der Waals surface area contributed by atoms with Gasteiger partial charge >= 0.3 is 0 Å². The zero-order valence-electron chi connectivity index (χ0n) is 8.18. The maximum Gasteiger partial charge on any atom is 0.122 e. The monoisotopic (exact) mass is 167 g/mol. The molecule has 0 amide bonds. The number of hydrogen-bond acceptors (Lipinski definition) is 2. The van der Waals surface area contributed by atoms with E-state index < -0.39 is 0 Å². The molecule has 1 heterocycles. The first kappa shape index (κ1) is 9.26. The van der Waals surface area contributed by atoms with Gasteiger partial charge in [0.05, 0.1) is 6.04 Å². The van der Waals surface area contributed by atoms with Crippen LogP contribution >= 0.6 is 0 Å². The molecule has 3 N–H and O–H groups in total. The number of aromatic amines is 1. The molecule has 1 unspecified atom stereocenters. The molecule has 12 heavy (non-hydrogen) atoms. The maximum atomic E-state index is 5.68. The van der Waals surface area contributed by atoms with Crippen molar-refractivity contribution in [2.75, 3.05) is 0 Å². The van der Waals surface area contributed by atoms with Gasteiger partial charge in [-0.3, -0.25) is 0 Å². The Morgan fingerprint density at radius 3 is 2.33 bits per heavy atom. The SMILES string of the molecule is CC(N)c1ncc(C(C)(C)C)[nH]1. The molecule has 0 aliphatic carbocycles. The lowest BCUT2D eigenvalue weighted by Crippen LogP contribution is -2.12. The summed E-state index contributed by atoms with van der Waals surface area (Å²) in [4.78, 5) is 7.42. The van der Waals surface area contributed by atoms with E-state index in [0.29, 0.717) is 0 Å². The van der Waals surface area contributed by atoms with Crippen LogP contribution < -0.4 is 5.73 Å². The summed E-state index contributed by atoms with van der Waals surface area (Å²) in [5, 5.41) is 0. The average molecular weight is 167 g/mol. The van der Waals surface area contributed by atoms with E-state index in [1.807, 2.05) is 13.1 Å². The van der Waals surface area contributed by atoms with E-state index in [9.17, 15) is 0 Å². The summed E-state index contributed by atoms with van der Waals surface area (Å²) < 4.78 is 0. The van der Waals surface area contributed by atoms with Gasteiger partial charge in [0.15, 0.2) is 0 Å². The lowest BCUT2D eigenvalue weighted by Gasteiger charge is -2.15. The van der Waals surface area contributed by atoms with Crippen LogP contribution in [0.1, 0.15) is 45.3 Å². The van der Waals surface area contributed by atoms with Gasteiger partial charge in [-0.2, -0.15) is 0 Å². The smallest absolute Gasteiger partial charge is 0.122 e. The van der Waals surface area contributed by atoms with Crippen molar-refractivity contribution in [1.29, 1.82) is 0 Å². The van der Waals surface area contributed by atoms with Gasteiger partial charge in [-0.25, -0.2) is 4.98 Å². The molecule has 0 saturated carbocycles. The first-order chi connectivity index (χ1) is 5.41. The molecule has 0 radical (unpaired) electrons. The molecule has 1 aromatic rings. The summed E-state index contributed by atoms with van der Waals surface area (Å²) in [5.74, 6) is 0.861. The number of rotatable bonds is 1. The molecule has 3 heteroatoms. The van der Waals surface area contributed by atoms with E-state index >= 15 is 0 Å². The largest absolute Gasteiger partial charge is 0.344 e. The number of imidazole rings is 1. The Labute approximate surface area is 73.4 Å². The van der Waals surface area contributed by atoms with E-state index in [4.69, 9.17) is 5.73 Å². The molecule has 0 spiro atoms. The van der Waals surface area contributed by atoms with Crippen LogP contribution in [0.5, 0.6) is 0 Å². The van der Waals surface area contributed by atoms with Crippen LogP contribution in [-0.2, 0) is 5.41 Å². The van der Waals surface area contributed by atoms with Crippen LogP contribution in [0.25, 0.3) is 0 Å². The Morgan fingerprint density at radius 1 is 1.50 bits per heavy atom. The fourth-order valence-corrected chi connectivity index (χ4v) is 0.949. The summed E-state index contributed by atoms with van der Waals surface area (Å²) in [6.07, 6.45) is 1.86. The highest BCUT2D eigenvalue weighted by Gasteiger charge is 2.16. The first-order valence-electron chi connectivity index (χ1n) is 4.22. The van der Waals surface area contributed by atoms with Gasteiger partial charge in [-0.1, -0.05) is 20.8 Å². The van der Waals surface area contributed by atoms with E-state index in [2.05, 4.69) is 30.7 Å². The molecule has 0 fully saturated rings. The highest BCUT2D eigenvalue weighted by molar-refractivity contribution is 5.12. The minimum absolute atomic E-state index is 0.0129. The van der Waals surface area contributed by atoms with Crippen LogP contribution in [0.2, 0.25) is 0 Å². The zero-order chi connectivity index (χ0) is 9.35. The number of nitrogens with zero attached hydrogens (tertiary/aromatic N) is 1. The third-order valence-electron chi connectivity index (χ3n) is 1.83. The third kappa shape index (κ3) is 1.85. The zero-order valence-corrected chi connectivity index (χ0v) is 8.18. The Bertz CT molecular complexity index is 255. The van der Waals surface area contributed by atoms with Crippen molar-refractivity contribution >= 4 is 0 Å². The Morgan fingerprint density at radius 2 is 2.08 bits per heavy atom. The molecule has 0 aromatic carbocycles. The molecular formula is C9H17N3. The highest BCUT2D eigenvalue weighted by atomic mass is 15.0. The second-order valence-electron chi connectivity index (χ2n) is 4.22. The molecule has 68 valence electrons. The number of H-pyrrole nitrogens is 1. The molecule has 0 saturated heterocycles. The number of hydrogen-bond donors (Lipinski definition) is 2. The Kier molecular flexibility index (Phi) is 2.24. The molecular weight excluding hydrogens is 150 g/mol. The standard InChI is InChI=1S/C9H17N3/c1-6(10)8-11-5-7(12-8)9(2,3)4/h5-6H,10H2,1-4H3,(H,11,12). The van der Waals surface area contributed by atoms with Crippen molar-refractivity contribution in [2.24, 2.45) is 5.73 Å². The van der Waals surface area contributed by atoms with Gasteiger partial charge in [-0.15, -0.1) is 0 Å². The molecule has 0 bridgehead atoms. The first-order valence-corrected chi connectivity index (χ1v) is 4.22. The normalized spacial score (nSPS) is 14.8. The highest BCUT2D eigenvalue weighted by Crippen LogP contribution is 2.20. The van der Waals surface area contributed by atoms with E-state index in [1.54, 1.807) is 0 Å². The van der Waals surface area contributed by atoms with Gasteiger partial charge in [0, 0.05) is 17.3 Å². The Hall–Kier alpha value is -0.830. The number of nitrogens with two attached hydrogens (primary N) is 1. The molecule has 1 atom stereocenters. The summed E-state index contributed by atoms with van der Waals surface area (Å²) in [6.45, 7) is 8.35. The molecule has 0 aliphatic heterocycles. The van der Waals surface area contributed by atoms with Crippen molar-refractivity contribution in [3.63, 3.8) is 0 Å². The number of aromatic nitrogens is 2. The minimum Gasteiger partial charge on any atom is -0.344 e. The molecule has 1 aromatic heterocycles. The number of nitrogens with one attached hydrogen (secondary N) is 1. The van der Waals surface area contributed by atoms with Gasteiger partial charge in [0.2, 0.25) is 0 Å². The van der Waals surface area contributed by atoms with Gasteiger partial charge in [-0.05, 0) is 6.92 Å². The Balaban J connectivity index is 2.92. The fourth-order valence-electron chi connectivity index (χ4n) is 0.949. The summed E-state index contributed by atoms with van der Waals surface area (Å²) in [7, 11) is 0. The summed E-state index contributed by atoms with van der Waals surface area (Å²) in [6, 6.07) is -0.0129. The van der Waals surface area contributed by atoms with Gasteiger partial charge in [0.1, 0.15) is 5.82 Å². The van der Waals surface area contributed by atoms with Crippen LogP contribution in [0.4, 0.5) is 0 Å². The lowest BCUT2D eigenvalue weighted by molar-refractivity contribution is 0.569. The van der Waals surface area contributed by atoms with Crippen molar-refractivity contribution in [1.82, 2.24) is 9.97 Å². The fraction of sp³-hybridized carbons (Fsp3) is 0.667. The van der Waals surface area contributed by atoms with Crippen LogP contribution in [0.3, 0.4) is 0 Å². The molecule has 1 rings (SSSR count). The lowest BCUT2D eigenvalue weighted by atomic mass is 9.93. The van der Waals surface area contributed by atoms with E-state index in [1.165, 1.54) is 0 Å². The topological polar surface area (TPSA) is 54.7 Å². The second kappa shape index (κ2) is 2.90. The van der Waals surface area contributed by atoms with Gasteiger partial charge < -0.3 is 10.7 Å². The van der Waals surface area contributed by atoms with Crippen LogP contribution in [0, 0.1) is 0 Å². The summed E-state index contributed by atoms with van der Waals surface area (Å²) in [5.41, 5.74) is 6.94. The third-order valence-corrected chi connectivity index (χ3v) is 1.83. The maximum absolute atomic E-state index is 5.68. The van der Waals surface area contributed by atoms with Crippen molar-refractivity contribution in [3.8, 4) is 0 Å². The van der Waals surface area contributed by atoms with Gasteiger partial charge in [0.25, 0.3) is 0 Å². The predicted octanol–water partition coefficient (Wildman–Crippen LogP) is 1.73. The van der Waals surface area contributed by atoms with Crippen molar-refractivity contribution in [3.05, 3.63) is 17.7 Å². The molecule has 3 nitrogen and oxygen atoms in total. The molecule has 0 aliphatic rings. The average Bonchev–Trinajstić information content (AvgIpc) is 2.30. The summed E-state index contributed by atoms with van der Waals surface area (Å²) >= 11 is 0. The van der Waals surface area contributed by atoms with Crippen LogP contribution in [-0.4, -0.2) is 9.97 Å². The van der Waals surface area contributed by atoms with E-state index in [0.717, 1.165) is 11.5 Å². The van der Waals surface area contributed by atoms with Crippen molar-refractivity contribution < 1.29 is 0 Å². The van der Waals surface area contributed by atoms with E-state index in [-0.39, 0.29) is 11.5 Å². The van der Waals surface area contributed by atoms with Crippen LogP contribution in [0.15, 0.2) is 6.20 Å². The predicted molar refractivity (Wildman–Crippen MR) is 49.9 cm³/mol. The second-order valence-corrected chi connectivity index (χ2v) is 4.22. The quantitative estimate of drug-likeness (QED) is 0.669. The minimum atomic E-state index is -0.0129.